The van der Waals surface area contributed by atoms with Crippen LogP contribution in [0.4, 0.5) is 0 Å². The Balaban J connectivity index is 4.19. The number of rotatable bonds is 10. The number of hydrogen-bond donors (Lipinski definition) is 0. The summed E-state index contributed by atoms with van der Waals surface area (Å²) in [5.74, 6) is -0.777. The SMILES string of the molecule is CCOP(=O)(OCC)C(C)OCCOS(C)(=O)=O. The number of ether oxygens (including phenoxy) is 1. The molecule has 0 rings (SSSR count). The smallest absolute Gasteiger partial charge is 0.358 e. The normalized spacial score (nSPS) is 14.7. The lowest BCUT2D eigenvalue weighted by Crippen LogP contribution is -2.17. The molecule has 0 saturated carbocycles. The van der Waals surface area contributed by atoms with E-state index < -0.39 is 23.6 Å². The summed E-state index contributed by atoms with van der Waals surface area (Å²) >= 11 is 0. The fourth-order valence-electron chi connectivity index (χ4n) is 1.10. The van der Waals surface area contributed by atoms with Crippen LogP contribution in [-0.4, -0.2) is 46.9 Å². The molecule has 0 spiro atoms. The molecule has 0 N–H and O–H groups in total. The van der Waals surface area contributed by atoms with Crippen LogP contribution < -0.4 is 0 Å². The Morgan fingerprint density at radius 1 is 1.11 bits per heavy atom. The number of hydrogen-bond acceptors (Lipinski definition) is 7. The van der Waals surface area contributed by atoms with Crippen LogP contribution in [0, 0.1) is 0 Å². The fraction of sp³-hybridized carbons (Fsp3) is 1.00. The summed E-state index contributed by atoms with van der Waals surface area (Å²) < 4.78 is 53.4. The van der Waals surface area contributed by atoms with Crippen molar-refractivity contribution in [3.63, 3.8) is 0 Å². The second-order valence-corrected chi connectivity index (χ2v) is 7.34. The molecular formula is C9H21O7PS. The summed E-state index contributed by atoms with van der Waals surface area (Å²) in [5.41, 5.74) is 0. The molecule has 0 radical (unpaired) electrons. The summed E-state index contributed by atoms with van der Waals surface area (Å²) in [6.45, 7) is 5.28. The lowest BCUT2D eigenvalue weighted by molar-refractivity contribution is 0.0617. The van der Waals surface area contributed by atoms with Gasteiger partial charge in [0.1, 0.15) is 0 Å². The summed E-state index contributed by atoms with van der Waals surface area (Å²) in [6.07, 6.45) is 0.946. The largest absolute Gasteiger partial charge is 0.363 e. The van der Waals surface area contributed by atoms with Gasteiger partial charge in [-0.3, -0.25) is 8.75 Å². The molecule has 1 atom stereocenters. The van der Waals surface area contributed by atoms with Gasteiger partial charge in [0.05, 0.1) is 32.7 Å². The van der Waals surface area contributed by atoms with Gasteiger partial charge in [0.15, 0.2) is 5.85 Å². The Hall–Kier alpha value is 0.0200. The third-order valence-corrected chi connectivity index (χ3v) is 4.67. The van der Waals surface area contributed by atoms with E-state index in [0.717, 1.165) is 6.26 Å². The van der Waals surface area contributed by atoms with Gasteiger partial charge in [-0.25, -0.2) is 0 Å². The first-order valence-electron chi connectivity index (χ1n) is 5.60. The quantitative estimate of drug-likeness (QED) is 0.344. The lowest BCUT2D eigenvalue weighted by atomic mass is 10.7. The standard InChI is InChI=1S/C9H21O7PS/c1-5-14-17(10,15-6-2)9(3)13-7-8-16-18(4,11)12/h9H,5-8H2,1-4H3. The van der Waals surface area contributed by atoms with Gasteiger partial charge in [-0.15, -0.1) is 0 Å². The van der Waals surface area contributed by atoms with Crippen molar-refractivity contribution in [3.8, 4) is 0 Å². The Morgan fingerprint density at radius 3 is 2.00 bits per heavy atom. The van der Waals surface area contributed by atoms with Gasteiger partial charge in [-0.05, 0) is 20.8 Å². The maximum absolute atomic E-state index is 12.2. The van der Waals surface area contributed by atoms with E-state index in [-0.39, 0.29) is 26.4 Å². The molecule has 0 aromatic rings. The van der Waals surface area contributed by atoms with E-state index in [2.05, 4.69) is 4.18 Å². The molecule has 1 unspecified atom stereocenters. The monoisotopic (exact) mass is 304 g/mol. The molecular weight excluding hydrogens is 283 g/mol. The van der Waals surface area contributed by atoms with Crippen LogP contribution in [0.15, 0.2) is 0 Å². The third-order valence-electron chi connectivity index (χ3n) is 1.80. The van der Waals surface area contributed by atoms with Crippen LogP contribution in [0.5, 0.6) is 0 Å². The zero-order valence-electron chi connectivity index (χ0n) is 11.1. The van der Waals surface area contributed by atoms with Gasteiger partial charge >= 0.3 is 7.60 Å². The summed E-state index contributed by atoms with van der Waals surface area (Å²) in [6, 6.07) is 0. The van der Waals surface area contributed by atoms with Crippen molar-refractivity contribution >= 4 is 17.7 Å². The van der Waals surface area contributed by atoms with E-state index >= 15 is 0 Å². The molecule has 0 aromatic heterocycles. The van der Waals surface area contributed by atoms with Crippen LogP contribution in [0.25, 0.3) is 0 Å². The predicted molar refractivity (Wildman–Crippen MR) is 67.1 cm³/mol. The fourth-order valence-corrected chi connectivity index (χ4v) is 2.98. The first kappa shape index (κ1) is 18.0. The highest BCUT2D eigenvalue weighted by Crippen LogP contribution is 2.53. The third kappa shape index (κ3) is 7.45. The Bertz CT molecular complexity index is 357. The first-order chi connectivity index (χ1) is 8.25. The molecule has 0 aliphatic carbocycles. The van der Waals surface area contributed by atoms with Crippen LogP contribution in [0.2, 0.25) is 0 Å². The van der Waals surface area contributed by atoms with E-state index in [0.29, 0.717) is 0 Å². The van der Waals surface area contributed by atoms with E-state index in [1.807, 2.05) is 0 Å². The second kappa shape index (κ2) is 8.24. The molecule has 9 heteroatoms. The topological polar surface area (TPSA) is 88.1 Å². The van der Waals surface area contributed by atoms with Gasteiger partial charge in [0.25, 0.3) is 10.1 Å². The van der Waals surface area contributed by atoms with Crippen molar-refractivity contribution in [2.24, 2.45) is 0 Å². The van der Waals surface area contributed by atoms with Crippen molar-refractivity contribution in [3.05, 3.63) is 0 Å². The maximum atomic E-state index is 12.2. The van der Waals surface area contributed by atoms with Gasteiger partial charge < -0.3 is 13.8 Å². The Morgan fingerprint density at radius 2 is 1.61 bits per heavy atom. The molecule has 0 heterocycles. The minimum absolute atomic E-state index is 0.0155. The molecule has 0 saturated heterocycles. The highest BCUT2D eigenvalue weighted by Gasteiger charge is 2.32. The highest BCUT2D eigenvalue weighted by molar-refractivity contribution is 7.85. The van der Waals surface area contributed by atoms with Crippen molar-refractivity contribution in [1.29, 1.82) is 0 Å². The van der Waals surface area contributed by atoms with Gasteiger partial charge in [-0.1, -0.05) is 0 Å². The highest BCUT2D eigenvalue weighted by atomic mass is 32.2. The van der Waals surface area contributed by atoms with Crippen LogP contribution in [0.1, 0.15) is 20.8 Å². The first-order valence-corrected chi connectivity index (χ1v) is 9.02. The molecule has 0 amide bonds. The average Bonchev–Trinajstić information content (AvgIpc) is 2.23. The van der Waals surface area contributed by atoms with Crippen molar-refractivity contribution in [2.45, 2.75) is 26.6 Å². The van der Waals surface area contributed by atoms with E-state index in [1.54, 1.807) is 20.8 Å². The zero-order valence-corrected chi connectivity index (χ0v) is 12.8. The maximum Gasteiger partial charge on any atom is 0.358 e. The molecule has 0 aliphatic heterocycles. The summed E-state index contributed by atoms with van der Waals surface area (Å²) in [5, 5.41) is 0. The van der Waals surface area contributed by atoms with Crippen molar-refractivity contribution in [1.82, 2.24) is 0 Å². The molecule has 0 aromatic carbocycles. The Kier molecular flexibility index (Phi) is 8.25. The predicted octanol–water partition coefficient (Wildman–Crippen LogP) is 1.59. The second-order valence-electron chi connectivity index (χ2n) is 3.37. The molecule has 18 heavy (non-hydrogen) atoms. The van der Waals surface area contributed by atoms with Gasteiger partial charge in [0.2, 0.25) is 0 Å². The lowest BCUT2D eigenvalue weighted by Gasteiger charge is -2.23. The van der Waals surface area contributed by atoms with E-state index in [4.69, 9.17) is 13.8 Å². The molecule has 0 aliphatic rings. The molecule has 7 nitrogen and oxygen atoms in total. The molecule has 0 bridgehead atoms. The summed E-state index contributed by atoms with van der Waals surface area (Å²) in [4.78, 5) is 0. The van der Waals surface area contributed by atoms with Gasteiger partial charge in [-0.2, -0.15) is 8.42 Å². The zero-order chi connectivity index (χ0) is 14.2. The van der Waals surface area contributed by atoms with Crippen molar-refractivity contribution in [2.75, 3.05) is 32.7 Å². The van der Waals surface area contributed by atoms with E-state index in [1.165, 1.54) is 0 Å². The van der Waals surface area contributed by atoms with E-state index in [9.17, 15) is 13.0 Å². The van der Waals surface area contributed by atoms with Crippen LogP contribution >= 0.6 is 7.60 Å². The Labute approximate surface area is 108 Å². The minimum atomic E-state index is -3.49. The summed E-state index contributed by atoms with van der Waals surface area (Å²) in [7, 11) is -6.81. The van der Waals surface area contributed by atoms with Crippen molar-refractivity contribution < 1.29 is 31.0 Å². The minimum Gasteiger partial charge on any atom is -0.363 e. The van der Waals surface area contributed by atoms with Gasteiger partial charge in [0, 0.05) is 0 Å². The molecule has 110 valence electrons. The van der Waals surface area contributed by atoms with Crippen LogP contribution in [-0.2, 0) is 32.7 Å². The average molecular weight is 304 g/mol. The van der Waals surface area contributed by atoms with Crippen LogP contribution in [0.3, 0.4) is 0 Å². The molecule has 0 fully saturated rings.